The smallest absolute Gasteiger partial charge is 0.325 e. The van der Waals surface area contributed by atoms with Gasteiger partial charge in [-0.25, -0.2) is 0 Å². The lowest BCUT2D eigenvalue weighted by molar-refractivity contribution is -0.138. The lowest BCUT2D eigenvalue weighted by Crippen LogP contribution is -2.14. The zero-order valence-corrected chi connectivity index (χ0v) is 9.47. The molecule has 1 N–H and O–H groups in total. The number of hydrogen-bond donors (Lipinski definition) is 1. The number of carbonyl (C=O) groups is 1. The van der Waals surface area contributed by atoms with Gasteiger partial charge in [0.2, 0.25) is 0 Å². The van der Waals surface area contributed by atoms with Crippen molar-refractivity contribution in [3.63, 3.8) is 0 Å². The van der Waals surface area contributed by atoms with E-state index in [2.05, 4.69) is 10.1 Å². The number of hydrogen-bond acceptors (Lipinski definition) is 4. The summed E-state index contributed by atoms with van der Waals surface area (Å²) in [7, 11) is 2.95. The van der Waals surface area contributed by atoms with Crippen LogP contribution in [0.4, 0.5) is 5.69 Å². The number of nitrogens with one attached hydrogen (secondary N) is 1. The number of halogens is 1. The fraction of sp³-hybridized carbons (Fsp3) is 0.300. The van der Waals surface area contributed by atoms with Crippen LogP contribution in [-0.4, -0.2) is 26.7 Å². The molecule has 0 fully saturated rings. The first-order valence-corrected chi connectivity index (χ1v) is 4.21. The van der Waals surface area contributed by atoms with Crippen LogP contribution in [0.15, 0.2) is 24.3 Å². The maximum absolute atomic E-state index is 10.8. The van der Waals surface area contributed by atoms with Gasteiger partial charge in [-0.3, -0.25) is 4.79 Å². The second-order valence-corrected chi connectivity index (χ2v) is 2.66. The molecule has 0 saturated heterocycles. The van der Waals surface area contributed by atoms with Crippen LogP contribution in [-0.2, 0) is 9.53 Å². The molecule has 15 heavy (non-hydrogen) atoms. The first-order chi connectivity index (χ1) is 6.76. The van der Waals surface area contributed by atoms with E-state index in [1.807, 2.05) is 24.3 Å². The second kappa shape index (κ2) is 6.95. The van der Waals surface area contributed by atoms with Crippen LogP contribution in [0.3, 0.4) is 0 Å². The monoisotopic (exact) mass is 231 g/mol. The highest BCUT2D eigenvalue weighted by molar-refractivity contribution is 5.85. The van der Waals surface area contributed by atoms with Gasteiger partial charge in [0, 0.05) is 11.8 Å². The molecular formula is C10H14ClNO3. The van der Waals surface area contributed by atoms with Gasteiger partial charge >= 0.3 is 5.97 Å². The van der Waals surface area contributed by atoms with Gasteiger partial charge in [0.15, 0.2) is 0 Å². The quantitative estimate of drug-likeness (QED) is 0.802. The van der Waals surface area contributed by atoms with Crippen molar-refractivity contribution in [1.29, 1.82) is 0 Å². The molecule has 0 aliphatic rings. The van der Waals surface area contributed by atoms with Gasteiger partial charge in [-0.15, -0.1) is 12.4 Å². The molecular weight excluding hydrogens is 218 g/mol. The van der Waals surface area contributed by atoms with Crippen molar-refractivity contribution in [3.05, 3.63) is 24.3 Å². The first kappa shape index (κ1) is 13.6. The van der Waals surface area contributed by atoms with E-state index in [1.165, 1.54) is 7.11 Å². The Morgan fingerprint density at radius 1 is 1.40 bits per heavy atom. The predicted molar refractivity (Wildman–Crippen MR) is 60.7 cm³/mol. The fourth-order valence-electron chi connectivity index (χ4n) is 0.979. The number of anilines is 1. The average molecular weight is 232 g/mol. The largest absolute Gasteiger partial charge is 0.497 e. The summed E-state index contributed by atoms with van der Waals surface area (Å²) in [6.45, 7) is 0.156. The Morgan fingerprint density at radius 2 is 2.13 bits per heavy atom. The summed E-state index contributed by atoms with van der Waals surface area (Å²) in [5.74, 6) is 0.452. The lowest BCUT2D eigenvalue weighted by Gasteiger charge is -2.06. The van der Waals surface area contributed by atoms with E-state index < -0.39 is 0 Å². The zero-order valence-electron chi connectivity index (χ0n) is 8.65. The third kappa shape index (κ3) is 4.56. The van der Waals surface area contributed by atoms with Crippen LogP contribution in [0, 0.1) is 0 Å². The molecule has 5 heteroatoms. The summed E-state index contributed by atoms with van der Waals surface area (Å²) in [4.78, 5) is 10.8. The highest BCUT2D eigenvalue weighted by Crippen LogP contribution is 2.16. The van der Waals surface area contributed by atoms with Crippen LogP contribution in [0.2, 0.25) is 0 Å². The molecule has 4 nitrogen and oxygen atoms in total. The predicted octanol–water partition coefficient (Wildman–Crippen LogP) is 1.70. The number of rotatable bonds is 4. The molecule has 1 rings (SSSR count). The molecule has 0 radical (unpaired) electrons. The second-order valence-electron chi connectivity index (χ2n) is 2.66. The minimum absolute atomic E-state index is 0. The molecule has 1 aromatic rings. The van der Waals surface area contributed by atoms with Crippen molar-refractivity contribution in [2.75, 3.05) is 26.1 Å². The fourth-order valence-corrected chi connectivity index (χ4v) is 0.979. The van der Waals surface area contributed by atoms with Crippen LogP contribution >= 0.6 is 12.4 Å². The first-order valence-electron chi connectivity index (χ1n) is 4.21. The molecule has 0 aromatic heterocycles. The molecule has 0 aliphatic carbocycles. The Balaban J connectivity index is 0.00000196. The minimum Gasteiger partial charge on any atom is -0.497 e. The van der Waals surface area contributed by atoms with Gasteiger partial charge in [-0.2, -0.15) is 0 Å². The number of carbonyl (C=O) groups excluding carboxylic acids is 1. The van der Waals surface area contributed by atoms with E-state index in [-0.39, 0.29) is 24.9 Å². The Kier molecular flexibility index (Phi) is 6.29. The van der Waals surface area contributed by atoms with Crippen LogP contribution in [0.5, 0.6) is 5.75 Å². The number of ether oxygens (including phenoxy) is 2. The van der Waals surface area contributed by atoms with Gasteiger partial charge in [-0.1, -0.05) is 6.07 Å². The third-order valence-electron chi connectivity index (χ3n) is 1.73. The molecule has 0 aliphatic heterocycles. The van der Waals surface area contributed by atoms with Crippen molar-refractivity contribution in [3.8, 4) is 5.75 Å². The van der Waals surface area contributed by atoms with Crippen molar-refractivity contribution in [2.24, 2.45) is 0 Å². The number of benzene rings is 1. The summed E-state index contributed by atoms with van der Waals surface area (Å²) < 4.78 is 9.53. The zero-order chi connectivity index (χ0) is 10.4. The van der Waals surface area contributed by atoms with Crippen molar-refractivity contribution in [2.45, 2.75) is 0 Å². The SMILES string of the molecule is COC(=O)CNc1cccc(OC)c1.Cl. The highest BCUT2D eigenvalue weighted by atomic mass is 35.5. The van der Waals surface area contributed by atoms with E-state index in [9.17, 15) is 4.79 Å². The lowest BCUT2D eigenvalue weighted by atomic mass is 10.3. The van der Waals surface area contributed by atoms with E-state index in [0.29, 0.717) is 0 Å². The number of methoxy groups -OCH3 is 2. The van der Waals surface area contributed by atoms with Gasteiger partial charge in [-0.05, 0) is 12.1 Å². The topological polar surface area (TPSA) is 47.6 Å². The molecule has 0 amide bonds. The van der Waals surface area contributed by atoms with Gasteiger partial charge in [0.05, 0.1) is 14.2 Å². The van der Waals surface area contributed by atoms with E-state index in [0.717, 1.165) is 11.4 Å². The van der Waals surface area contributed by atoms with Crippen molar-refractivity contribution in [1.82, 2.24) is 0 Å². The maximum atomic E-state index is 10.8. The molecule has 0 spiro atoms. The molecule has 0 saturated carbocycles. The van der Waals surface area contributed by atoms with E-state index >= 15 is 0 Å². The summed E-state index contributed by atoms with van der Waals surface area (Å²) in [6.07, 6.45) is 0. The number of esters is 1. The van der Waals surface area contributed by atoms with E-state index in [4.69, 9.17) is 4.74 Å². The standard InChI is InChI=1S/C10H13NO3.ClH/c1-13-9-5-3-4-8(6-9)11-7-10(12)14-2;/h3-6,11H,7H2,1-2H3;1H. The van der Waals surface area contributed by atoms with E-state index in [1.54, 1.807) is 7.11 Å². The molecule has 0 bridgehead atoms. The third-order valence-corrected chi connectivity index (χ3v) is 1.73. The molecule has 84 valence electrons. The molecule has 1 aromatic carbocycles. The molecule has 0 unspecified atom stereocenters. The Morgan fingerprint density at radius 3 is 2.73 bits per heavy atom. The summed E-state index contributed by atoms with van der Waals surface area (Å²) in [5.41, 5.74) is 0.828. The summed E-state index contributed by atoms with van der Waals surface area (Å²) >= 11 is 0. The Labute approximate surface area is 95.0 Å². The normalized spacial score (nSPS) is 8.67. The van der Waals surface area contributed by atoms with Gasteiger partial charge < -0.3 is 14.8 Å². The van der Waals surface area contributed by atoms with Gasteiger partial charge in [0.25, 0.3) is 0 Å². The molecule has 0 heterocycles. The summed E-state index contributed by atoms with van der Waals surface area (Å²) in [6, 6.07) is 7.34. The maximum Gasteiger partial charge on any atom is 0.325 e. The molecule has 0 atom stereocenters. The summed E-state index contributed by atoms with van der Waals surface area (Å²) in [5, 5.41) is 2.92. The van der Waals surface area contributed by atoms with Crippen LogP contribution in [0.1, 0.15) is 0 Å². The van der Waals surface area contributed by atoms with Crippen molar-refractivity contribution >= 4 is 24.1 Å². The Bertz CT molecular complexity index is 317. The average Bonchev–Trinajstić information content (AvgIpc) is 2.26. The van der Waals surface area contributed by atoms with Crippen molar-refractivity contribution < 1.29 is 14.3 Å². The van der Waals surface area contributed by atoms with Crippen LogP contribution < -0.4 is 10.1 Å². The van der Waals surface area contributed by atoms with Gasteiger partial charge in [0.1, 0.15) is 12.3 Å². The Hall–Kier alpha value is -1.42. The minimum atomic E-state index is -0.298. The highest BCUT2D eigenvalue weighted by Gasteiger charge is 1.99. The van der Waals surface area contributed by atoms with Crippen LogP contribution in [0.25, 0.3) is 0 Å².